The largest absolute Gasteiger partial charge is 0.356 e. The Morgan fingerprint density at radius 1 is 1.35 bits per heavy atom. The molecule has 26 heavy (non-hydrogen) atoms. The Balaban J connectivity index is 1.55. The van der Waals surface area contributed by atoms with Crippen molar-refractivity contribution in [3.8, 4) is 0 Å². The number of nitrogens with zero attached hydrogens (tertiary/aromatic N) is 5. The molecule has 1 aliphatic rings. The molecule has 0 bridgehead atoms. The maximum absolute atomic E-state index is 12.5. The first-order valence-electron chi connectivity index (χ1n) is 8.56. The minimum atomic E-state index is 0.0401. The van der Waals surface area contributed by atoms with Crippen molar-refractivity contribution in [2.45, 2.75) is 6.42 Å². The van der Waals surface area contributed by atoms with Crippen molar-refractivity contribution in [3.63, 3.8) is 0 Å². The number of amides is 1. The SMILES string of the molecule is CN=C(NCCc1ccccc1Cl)N1CCN(c2cnn(C)c2)C(=O)C1. The number of aryl methyl sites for hydroxylation is 1. The lowest BCUT2D eigenvalue weighted by molar-refractivity contribution is -0.120. The molecular weight excluding hydrogens is 352 g/mol. The number of hydrogen-bond donors (Lipinski definition) is 1. The number of benzene rings is 1. The topological polar surface area (TPSA) is 65.8 Å². The van der Waals surface area contributed by atoms with E-state index in [4.69, 9.17) is 11.6 Å². The van der Waals surface area contributed by atoms with Gasteiger partial charge in [0.2, 0.25) is 5.91 Å². The molecule has 8 heteroatoms. The highest BCUT2D eigenvalue weighted by Crippen LogP contribution is 2.17. The number of carbonyl (C=O) groups is 1. The summed E-state index contributed by atoms with van der Waals surface area (Å²) in [6.45, 7) is 2.32. The van der Waals surface area contributed by atoms with Gasteiger partial charge in [0.15, 0.2) is 5.96 Å². The van der Waals surface area contributed by atoms with Gasteiger partial charge in [0, 0.05) is 44.9 Å². The molecule has 0 unspecified atom stereocenters. The molecule has 138 valence electrons. The number of nitrogens with one attached hydrogen (secondary N) is 1. The highest BCUT2D eigenvalue weighted by Gasteiger charge is 2.27. The Labute approximate surface area is 158 Å². The van der Waals surface area contributed by atoms with Gasteiger partial charge >= 0.3 is 0 Å². The van der Waals surface area contributed by atoms with Crippen LogP contribution < -0.4 is 10.2 Å². The molecule has 1 saturated heterocycles. The van der Waals surface area contributed by atoms with Gasteiger partial charge in [-0.3, -0.25) is 14.5 Å². The second-order valence-electron chi connectivity index (χ2n) is 6.15. The maximum Gasteiger partial charge on any atom is 0.246 e. The van der Waals surface area contributed by atoms with Crippen molar-refractivity contribution in [1.29, 1.82) is 0 Å². The van der Waals surface area contributed by atoms with Crippen LogP contribution in [0.2, 0.25) is 5.02 Å². The summed E-state index contributed by atoms with van der Waals surface area (Å²) in [7, 11) is 3.57. The van der Waals surface area contributed by atoms with Crippen LogP contribution >= 0.6 is 11.6 Å². The van der Waals surface area contributed by atoms with Crippen molar-refractivity contribution in [2.24, 2.45) is 12.0 Å². The van der Waals surface area contributed by atoms with E-state index in [0.29, 0.717) is 26.2 Å². The van der Waals surface area contributed by atoms with E-state index in [0.717, 1.165) is 28.7 Å². The number of guanidine groups is 1. The number of halogens is 1. The minimum Gasteiger partial charge on any atom is -0.356 e. The predicted molar refractivity (Wildman–Crippen MR) is 104 cm³/mol. The summed E-state index contributed by atoms with van der Waals surface area (Å²) in [5.74, 6) is 0.773. The van der Waals surface area contributed by atoms with Crippen LogP contribution in [0.1, 0.15) is 5.56 Å². The zero-order chi connectivity index (χ0) is 18.5. The minimum absolute atomic E-state index is 0.0401. The zero-order valence-corrected chi connectivity index (χ0v) is 15.8. The van der Waals surface area contributed by atoms with Crippen LogP contribution in [0.15, 0.2) is 41.7 Å². The second kappa shape index (κ2) is 8.23. The quantitative estimate of drug-likeness (QED) is 0.651. The van der Waals surface area contributed by atoms with Crippen LogP contribution in [0.4, 0.5) is 5.69 Å². The van der Waals surface area contributed by atoms with E-state index in [1.807, 2.05) is 42.4 Å². The molecule has 1 aliphatic heterocycles. The average molecular weight is 375 g/mol. The van der Waals surface area contributed by atoms with E-state index in [1.165, 1.54) is 0 Å². The number of anilines is 1. The lowest BCUT2D eigenvalue weighted by atomic mass is 10.1. The summed E-state index contributed by atoms with van der Waals surface area (Å²) in [5.41, 5.74) is 1.92. The van der Waals surface area contributed by atoms with Gasteiger partial charge < -0.3 is 15.1 Å². The molecule has 0 spiro atoms. The number of carbonyl (C=O) groups excluding carboxylic acids is 1. The molecule has 0 aliphatic carbocycles. The molecule has 1 N–H and O–H groups in total. The van der Waals surface area contributed by atoms with Gasteiger partial charge in [-0.15, -0.1) is 0 Å². The van der Waals surface area contributed by atoms with Crippen LogP contribution in [0, 0.1) is 0 Å². The Morgan fingerprint density at radius 3 is 2.81 bits per heavy atom. The van der Waals surface area contributed by atoms with Gasteiger partial charge in [-0.1, -0.05) is 29.8 Å². The third-order valence-electron chi connectivity index (χ3n) is 4.37. The number of aliphatic imine (C=N–C) groups is 1. The van der Waals surface area contributed by atoms with E-state index in [2.05, 4.69) is 15.4 Å². The summed E-state index contributed by atoms with van der Waals surface area (Å²) in [6.07, 6.45) is 4.36. The molecule has 1 aromatic carbocycles. The Hall–Kier alpha value is -2.54. The Bertz CT molecular complexity index is 802. The van der Waals surface area contributed by atoms with Crippen LogP contribution in [0.25, 0.3) is 0 Å². The fourth-order valence-corrected chi connectivity index (χ4v) is 3.25. The van der Waals surface area contributed by atoms with Crippen LogP contribution in [0.5, 0.6) is 0 Å². The molecule has 1 amide bonds. The molecule has 0 radical (unpaired) electrons. The molecule has 0 atom stereocenters. The van der Waals surface area contributed by atoms with Crippen molar-refractivity contribution in [2.75, 3.05) is 38.1 Å². The van der Waals surface area contributed by atoms with E-state index < -0.39 is 0 Å². The van der Waals surface area contributed by atoms with E-state index >= 15 is 0 Å². The van der Waals surface area contributed by atoms with Crippen molar-refractivity contribution in [3.05, 3.63) is 47.2 Å². The van der Waals surface area contributed by atoms with Crippen molar-refractivity contribution in [1.82, 2.24) is 20.0 Å². The highest BCUT2D eigenvalue weighted by atomic mass is 35.5. The standard InChI is InChI=1S/C18H23ClN6O/c1-20-18(21-8-7-14-5-3-4-6-16(14)19)24-9-10-25(17(26)13-24)15-11-22-23(2)12-15/h3-6,11-12H,7-10,13H2,1-2H3,(H,20,21). The lowest BCUT2D eigenvalue weighted by Crippen LogP contribution is -2.55. The summed E-state index contributed by atoms with van der Waals surface area (Å²) < 4.78 is 1.70. The highest BCUT2D eigenvalue weighted by molar-refractivity contribution is 6.31. The fourth-order valence-electron chi connectivity index (χ4n) is 3.02. The third kappa shape index (κ3) is 4.16. The molecular formula is C18H23ClN6O. The summed E-state index contributed by atoms with van der Waals surface area (Å²) in [4.78, 5) is 20.6. The van der Waals surface area contributed by atoms with E-state index in [1.54, 1.807) is 22.8 Å². The van der Waals surface area contributed by atoms with Gasteiger partial charge in [-0.25, -0.2) is 0 Å². The van der Waals surface area contributed by atoms with Crippen LogP contribution in [-0.4, -0.2) is 59.8 Å². The molecule has 3 rings (SSSR count). The van der Waals surface area contributed by atoms with Gasteiger partial charge in [-0.2, -0.15) is 5.10 Å². The van der Waals surface area contributed by atoms with Crippen LogP contribution in [-0.2, 0) is 18.3 Å². The number of rotatable bonds is 4. The average Bonchev–Trinajstić information content (AvgIpc) is 3.06. The summed E-state index contributed by atoms with van der Waals surface area (Å²) in [5, 5.41) is 8.23. The normalized spacial score (nSPS) is 15.5. The number of hydrogen-bond acceptors (Lipinski definition) is 3. The first-order chi connectivity index (χ1) is 12.6. The van der Waals surface area contributed by atoms with Gasteiger partial charge in [0.25, 0.3) is 0 Å². The first-order valence-corrected chi connectivity index (χ1v) is 8.94. The molecule has 2 aromatic rings. The smallest absolute Gasteiger partial charge is 0.246 e. The third-order valence-corrected chi connectivity index (χ3v) is 4.74. The van der Waals surface area contributed by atoms with Crippen molar-refractivity contribution < 1.29 is 4.79 Å². The molecule has 7 nitrogen and oxygen atoms in total. The van der Waals surface area contributed by atoms with E-state index in [9.17, 15) is 4.79 Å². The molecule has 0 saturated carbocycles. The Morgan fingerprint density at radius 2 is 2.15 bits per heavy atom. The van der Waals surface area contributed by atoms with Crippen molar-refractivity contribution >= 4 is 29.2 Å². The van der Waals surface area contributed by atoms with Crippen LogP contribution in [0.3, 0.4) is 0 Å². The monoisotopic (exact) mass is 374 g/mol. The second-order valence-corrected chi connectivity index (χ2v) is 6.56. The molecule has 1 fully saturated rings. The first kappa shape index (κ1) is 18.3. The number of aromatic nitrogens is 2. The summed E-state index contributed by atoms with van der Waals surface area (Å²) in [6, 6.07) is 7.81. The predicted octanol–water partition coefficient (Wildman–Crippen LogP) is 1.54. The lowest BCUT2D eigenvalue weighted by Gasteiger charge is -2.35. The van der Waals surface area contributed by atoms with E-state index in [-0.39, 0.29) is 5.91 Å². The zero-order valence-electron chi connectivity index (χ0n) is 15.0. The van der Waals surface area contributed by atoms with Gasteiger partial charge in [0.1, 0.15) is 6.54 Å². The Kier molecular flexibility index (Phi) is 5.78. The summed E-state index contributed by atoms with van der Waals surface area (Å²) >= 11 is 6.19. The van der Waals surface area contributed by atoms with Gasteiger partial charge in [0.05, 0.1) is 11.9 Å². The maximum atomic E-state index is 12.5. The number of piperazine rings is 1. The van der Waals surface area contributed by atoms with Gasteiger partial charge in [-0.05, 0) is 18.1 Å². The molecule has 2 heterocycles. The fraction of sp³-hybridized carbons (Fsp3) is 0.389. The molecule has 1 aromatic heterocycles.